The molecule has 1 aromatic heterocycles. The van der Waals surface area contributed by atoms with E-state index < -0.39 is 17.7 Å². The van der Waals surface area contributed by atoms with E-state index in [0.29, 0.717) is 0 Å². The van der Waals surface area contributed by atoms with Crippen LogP contribution in [0.5, 0.6) is 5.75 Å². The fourth-order valence-corrected chi connectivity index (χ4v) is 1.69. The van der Waals surface area contributed by atoms with Crippen LogP contribution in [-0.4, -0.2) is 33.6 Å². The number of aromatic nitrogens is 2. The molecule has 0 saturated carbocycles. The summed E-state index contributed by atoms with van der Waals surface area (Å²) in [5.74, 6) is -2.40. The lowest BCUT2D eigenvalue weighted by Crippen LogP contribution is -2.17. The molecule has 0 fully saturated rings. The van der Waals surface area contributed by atoms with E-state index in [-0.39, 0.29) is 29.4 Å². The van der Waals surface area contributed by atoms with E-state index in [1.165, 1.54) is 6.07 Å². The molecule has 0 aliphatic rings. The fraction of sp³-hybridized carbons (Fsp3) is 0.154. The maximum Gasteiger partial charge on any atom is 0.354 e. The first-order chi connectivity index (χ1) is 10.0. The molecule has 2 aromatic rings. The zero-order valence-corrected chi connectivity index (χ0v) is 11.0. The first-order valence-corrected chi connectivity index (χ1v) is 6.03. The number of ether oxygens (including phenoxy) is 1. The number of hydrogen-bond acceptors (Lipinski definition) is 4. The maximum atomic E-state index is 13.2. The first-order valence-electron chi connectivity index (χ1n) is 6.03. The summed E-state index contributed by atoms with van der Waals surface area (Å²) in [4.78, 5) is 29.0. The topological polar surface area (TPSA) is 104 Å². The summed E-state index contributed by atoms with van der Waals surface area (Å²) in [6.07, 6.45) is 1.10. The van der Waals surface area contributed by atoms with E-state index in [9.17, 15) is 14.0 Å². The second-order valence-electron chi connectivity index (χ2n) is 3.96. The third-order valence-corrected chi connectivity index (χ3v) is 2.56. The van der Waals surface area contributed by atoms with E-state index in [2.05, 4.69) is 15.3 Å². The molecular formula is C13H12FN3O4. The van der Waals surface area contributed by atoms with Gasteiger partial charge in [-0.3, -0.25) is 4.79 Å². The predicted molar refractivity (Wildman–Crippen MR) is 71.1 cm³/mol. The van der Waals surface area contributed by atoms with Crippen LogP contribution in [0.15, 0.2) is 24.5 Å². The maximum absolute atomic E-state index is 13.2. The summed E-state index contributed by atoms with van der Waals surface area (Å²) in [6, 6.07) is 3.61. The van der Waals surface area contributed by atoms with Gasteiger partial charge in [-0.15, -0.1) is 0 Å². The number of rotatable bonds is 5. The molecule has 1 heterocycles. The SMILES string of the molecule is CCOc1cc(F)ccc1NC(=O)c1nc[nH]c1C(=O)O. The van der Waals surface area contributed by atoms with E-state index in [0.717, 1.165) is 18.5 Å². The highest BCUT2D eigenvalue weighted by Gasteiger charge is 2.20. The smallest absolute Gasteiger partial charge is 0.354 e. The van der Waals surface area contributed by atoms with E-state index in [1.807, 2.05) is 0 Å². The fourth-order valence-electron chi connectivity index (χ4n) is 1.69. The Morgan fingerprint density at radius 2 is 2.24 bits per heavy atom. The lowest BCUT2D eigenvalue weighted by Gasteiger charge is -2.11. The number of carboxylic acid groups (broad SMARTS) is 1. The van der Waals surface area contributed by atoms with Gasteiger partial charge in [0.1, 0.15) is 11.6 Å². The van der Waals surface area contributed by atoms with Gasteiger partial charge >= 0.3 is 5.97 Å². The molecule has 110 valence electrons. The second-order valence-corrected chi connectivity index (χ2v) is 3.96. The summed E-state index contributed by atoms with van der Waals surface area (Å²) in [5, 5.41) is 11.4. The monoisotopic (exact) mass is 293 g/mol. The van der Waals surface area contributed by atoms with Crippen LogP contribution in [0.3, 0.4) is 0 Å². The van der Waals surface area contributed by atoms with Gasteiger partial charge in [-0.25, -0.2) is 14.2 Å². The molecule has 0 atom stereocenters. The molecular weight excluding hydrogens is 281 g/mol. The van der Waals surface area contributed by atoms with Gasteiger partial charge in [-0.2, -0.15) is 0 Å². The number of aromatic carboxylic acids is 1. The Morgan fingerprint density at radius 3 is 2.90 bits per heavy atom. The molecule has 0 radical (unpaired) electrons. The number of anilines is 1. The largest absolute Gasteiger partial charge is 0.492 e. The Morgan fingerprint density at radius 1 is 1.48 bits per heavy atom. The van der Waals surface area contributed by atoms with Crippen molar-refractivity contribution in [2.24, 2.45) is 0 Å². The molecule has 21 heavy (non-hydrogen) atoms. The average Bonchev–Trinajstić information content (AvgIpc) is 2.91. The van der Waals surface area contributed by atoms with Gasteiger partial charge in [0.25, 0.3) is 5.91 Å². The van der Waals surface area contributed by atoms with Gasteiger partial charge in [0.2, 0.25) is 0 Å². The third kappa shape index (κ3) is 3.16. The molecule has 2 rings (SSSR count). The summed E-state index contributed by atoms with van der Waals surface area (Å²) < 4.78 is 18.4. The minimum absolute atomic E-state index is 0.151. The Kier molecular flexibility index (Phi) is 4.17. The molecule has 0 bridgehead atoms. The van der Waals surface area contributed by atoms with Crippen LogP contribution < -0.4 is 10.1 Å². The second kappa shape index (κ2) is 6.04. The zero-order valence-electron chi connectivity index (χ0n) is 11.0. The summed E-state index contributed by atoms with van der Waals surface area (Å²) in [7, 11) is 0. The number of carbonyl (C=O) groups is 2. The molecule has 7 nitrogen and oxygen atoms in total. The Hall–Kier alpha value is -2.90. The Balaban J connectivity index is 2.27. The van der Waals surface area contributed by atoms with Crippen LogP contribution in [0.1, 0.15) is 27.9 Å². The number of nitrogens with zero attached hydrogens (tertiary/aromatic N) is 1. The van der Waals surface area contributed by atoms with E-state index in [1.54, 1.807) is 6.92 Å². The van der Waals surface area contributed by atoms with Gasteiger partial charge < -0.3 is 20.1 Å². The first kappa shape index (κ1) is 14.5. The Labute approximate surface area is 118 Å². The number of hydrogen-bond donors (Lipinski definition) is 3. The number of benzene rings is 1. The lowest BCUT2D eigenvalue weighted by atomic mass is 10.2. The number of carboxylic acids is 1. The quantitative estimate of drug-likeness (QED) is 0.781. The minimum atomic E-state index is -1.30. The van der Waals surface area contributed by atoms with Crippen molar-refractivity contribution < 1.29 is 23.8 Å². The number of imidazole rings is 1. The standard InChI is InChI=1S/C13H12FN3O4/c1-2-21-9-5-7(14)3-4-8(9)17-12(18)10-11(13(19)20)16-6-15-10/h3-6H,2H2,1H3,(H,15,16)(H,17,18)(H,19,20). The van der Waals surface area contributed by atoms with Gasteiger partial charge in [0.05, 0.1) is 18.6 Å². The van der Waals surface area contributed by atoms with E-state index >= 15 is 0 Å². The molecule has 0 saturated heterocycles. The van der Waals surface area contributed by atoms with Crippen molar-refractivity contribution >= 4 is 17.6 Å². The molecule has 0 unspecified atom stereocenters. The van der Waals surface area contributed by atoms with Crippen LogP contribution >= 0.6 is 0 Å². The van der Waals surface area contributed by atoms with Crippen LogP contribution in [0.25, 0.3) is 0 Å². The summed E-state index contributed by atoms with van der Waals surface area (Å²) >= 11 is 0. The van der Waals surface area contributed by atoms with Gasteiger partial charge in [0, 0.05) is 6.07 Å². The van der Waals surface area contributed by atoms with Crippen LogP contribution in [0.4, 0.5) is 10.1 Å². The molecule has 0 aliphatic carbocycles. The molecule has 0 aliphatic heterocycles. The van der Waals surface area contributed by atoms with Crippen molar-refractivity contribution in [1.29, 1.82) is 0 Å². The van der Waals surface area contributed by atoms with Gasteiger partial charge in [-0.05, 0) is 19.1 Å². The zero-order chi connectivity index (χ0) is 15.4. The molecule has 3 N–H and O–H groups in total. The summed E-state index contributed by atoms with van der Waals surface area (Å²) in [5.41, 5.74) is -0.371. The van der Waals surface area contributed by atoms with Crippen molar-refractivity contribution in [3.05, 3.63) is 41.7 Å². The molecule has 8 heteroatoms. The highest BCUT2D eigenvalue weighted by Crippen LogP contribution is 2.26. The van der Waals surface area contributed by atoms with Crippen molar-refractivity contribution in [2.75, 3.05) is 11.9 Å². The van der Waals surface area contributed by atoms with Crippen molar-refractivity contribution in [3.63, 3.8) is 0 Å². The lowest BCUT2D eigenvalue weighted by molar-refractivity contribution is 0.0686. The van der Waals surface area contributed by atoms with Crippen LogP contribution in [0.2, 0.25) is 0 Å². The third-order valence-electron chi connectivity index (χ3n) is 2.56. The predicted octanol–water partition coefficient (Wildman–Crippen LogP) is 1.90. The van der Waals surface area contributed by atoms with Crippen molar-refractivity contribution in [3.8, 4) is 5.75 Å². The normalized spacial score (nSPS) is 10.2. The van der Waals surface area contributed by atoms with Crippen LogP contribution in [-0.2, 0) is 0 Å². The molecule has 1 amide bonds. The summed E-state index contributed by atoms with van der Waals surface area (Å²) in [6.45, 7) is 2.00. The minimum Gasteiger partial charge on any atom is -0.492 e. The van der Waals surface area contributed by atoms with Gasteiger partial charge in [0.15, 0.2) is 11.4 Å². The number of carbonyl (C=O) groups excluding carboxylic acids is 1. The van der Waals surface area contributed by atoms with Gasteiger partial charge in [-0.1, -0.05) is 0 Å². The number of amides is 1. The van der Waals surface area contributed by atoms with Crippen molar-refractivity contribution in [1.82, 2.24) is 9.97 Å². The van der Waals surface area contributed by atoms with Crippen molar-refractivity contribution in [2.45, 2.75) is 6.92 Å². The number of H-pyrrole nitrogens is 1. The Bertz CT molecular complexity index is 684. The number of nitrogens with one attached hydrogen (secondary N) is 2. The number of aromatic amines is 1. The average molecular weight is 293 g/mol. The van der Waals surface area contributed by atoms with Crippen LogP contribution in [0, 0.1) is 5.82 Å². The highest BCUT2D eigenvalue weighted by molar-refractivity contribution is 6.09. The highest BCUT2D eigenvalue weighted by atomic mass is 19.1. The molecule has 1 aromatic carbocycles. The molecule has 0 spiro atoms. The van der Waals surface area contributed by atoms with E-state index in [4.69, 9.17) is 9.84 Å². The number of halogens is 1.